The first-order valence-electron chi connectivity index (χ1n) is 11.3. The number of carbonyl (C=O) groups is 1. The summed E-state index contributed by atoms with van der Waals surface area (Å²) in [5.74, 6) is 0.834. The summed E-state index contributed by atoms with van der Waals surface area (Å²) in [7, 11) is 0. The second kappa shape index (κ2) is 9.81. The second-order valence-corrected chi connectivity index (χ2v) is 8.70. The third kappa shape index (κ3) is 4.92. The molecule has 4 N–H and O–H groups in total. The molecule has 0 spiro atoms. The number of benzene rings is 2. The minimum atomic E-state index is -0.147. The van der Waals surface area contributed by atoms with Gasteiger partial charge in [0.2, 0.25) is 0 Å². The van der Waals surface area contributed by atoms with Crippen LogP contribution in [-0.4, -0.2) is 54.7 Å². The van der Waals surface area contributed by atoms with Crippen molar-refractivity contribution in [3.05, 3.63) is 64.7 Å². The Labute approximate surface area is 184 Å². The minimum Gasteiger partial charge on any atom is -0.507 e. The Hall–Kier alpha value is -2.41. The van der Waals surface area contributed by atoms with Crippen LogP contribution < -0.4 is 11.1 Å². The van der Waals surface area contributed by atoms with E-state index in [1.807, 2.05) is 49.4 Å². The highest BCUT2D eigenvalue weighted by atomic mass is 16.5. The van der Waals surface area contributed by atoms with Gasteiger partial charge in [-0.15, -0.1) is 0 Å². The standard InChI is InChI=1S/C25H33N3O3/c1-17-7-8-20-21(24(17)29)15-22(31-23(20)16-26)18-9-12-28(13-10-18)14-11-27-25(30)19-5-3-2-4-6-19/h2-8,18,22-23,29H,9-16,26H2,1H3,(H,27,30). The smallest absolute Gasteiger partial charge is 0.251 e. The number of phenols is 1. The molecule has 2 unspecified atom stereocenters. The lowest BCUT2D eigenvalue weighted by molar-refractivity contribution is -0.0645. The van der Waals surface area contributed by atoms with Crippen LogP contribution in [-0.2, 0) is 11.2 Å². The summed E-state index contributed by atoms with van der Waals surface area (Å²) in [6.07, 6.45) is 2.80. The van der Waals surface area contributed by atoms with Gasteiger partial charge in [-0.1, -0.05) is 30.3 Å². The lowest BCUT2D eigenvalue weighted by atomic mass is 9.83. The van der Waals surface area contributed by atoms with Crippen LogP contribution in [0.25, 0.3) is 0 Å². The summed E-state index contributed by atoms with van der Waals surface area (Å²) < 4.78 is 6.38. The van der Waals surface area contributed by atoms with E-state index < -0.39 is 0 Å². The molecule has 1 saturated heterocycles. The Morgan fingerprint density at radius 1 is 1.19 bits per heavy atom. The molecule has 0 aliphatic carbocycles. The lowest BCUT2D eigenvalue weighted by Gasteiger charge is -2.40. The van der Waals surface area contributed by atoms with Crippen LogP contribution in [0.4, 0.5) is 0 Å². The largest absolute Gasteiger partial charge is 0.507 e. The normalized spacial score (nSPS) is 22.1. The molecule has 2 aromatic carbocycles. The van der Waals surface area contributed by atoms with Crippen LogP contribution >= 0.6 is 0 Å². The first-order valence-corrected chi connectivity index (χ1v) is 11.3. The molecular weight excluding hydrogens is 390 g/mol. The molecule has 0 radical (unpaired) electrons. The molecule has 2 aliphatic rings. The van der Waals surface area contributed by atoms with Gasteiger partial charge in [-0.3, -0.25) is 4.79 Å². The van der Waals surface area contributed by atoms with E-state index in [1.165, 1.54) is 0 Å². The topological polar surface area (TPSA) is 87.8 Å². The molecule has 166 valence electrons. The van der Waals surface area contributed by atoms with Crippen LogP contribution in [0.1, 0.15) is 46.0 Å². The van der Waals surface area contributed by atoms with Crippen molar-refractivity contribution < 1.29 is 14.6 Å². The van der Waals surface area contributed by atoms with Crippen LogP contribution in [0.2, 0.25) is 0 Å². The van der Waals surface area contributed by atoms with Gasteiger partial charge in [-0.2, -0.15) is 0 Å². The highest BCUT2D eigenvalue weighted by molar-refractivity contribution is 5.94. The number of piperidine rings is 1. The minimum absolute atomic E-state index is 0.0207. The SMILES string of the molecule is Cc1ccc2c(c1O)CC(C1CCN(CCNC(=O)c3ccccc3)CC1)OC2CN. The molecule has 4 rings (SSSR count). The summed E-state index contributed by atoms with van der Waals surface area (Å²) in [6.45, 7) is 5.84. The van der Waals surface area contributed by atoms with Crippen molar-refractivity contribution in [2.75, 3.05) is 32.7 Å². The third-order valence-corrected chi connectivity index (χ3v) is 6.73. The zero-order chi connectivity index (χ0) is 21.8. The fourth-order valence-electron chi connectivity index (χ4n) is 4.85. The molecule has 0 aromatic heterocycles. The van der Waals surface area contributed by atoms with Crippen LogP contribution in [0, 0.1) is 12.8 Å². The summed E-state index contributed by atoms with van der Waals surface area (Å²) >= 11 is 0. The van der Waals surface area contributed by atoms with Gasteiger partial charge in [0.15, 0.2) is 0 Å². The zero-order valence-electron chi connectivity index (χ0n) is 18.2. The molecule has 6 heteroatoms. The fraction of sp³-hybridized carbons (Fsp3) is 0.480. The monoisotopic (exact) mass is 423 g/mol. The maximum atomic E-state index is 12.2. The number of nitrogens with two attached hydrogens (primary N) is 1. The number of nitrogens with zero attached hydrogens (tertiary/aromatic N) is 1. The van der Waals surface area contributed by atoms with E-state index in [0.717, 1.165) is 55.6 Å². The van der Waals surface area contributed by atoms with E-state index in [4.69, 9.17) is 10.5 Å². The van der Waals surface area contributed by atoms with Crippen LogP contribution in [0.5, 0.6) is 5.75 Å². The summed E-state index contributed by atoms with van der Waals surface area (Å²) in [5.41, 5.74) is 9.64. The number of likely N-dealkylation sites (tertiary alicyclic amines) is 1. The van der Waals surface area contributed by atoms with Crippen LogP contribution in [0.15, 0.2) is 42.5 Å². The molecule has 2 aliphatic heterocycles. The molecule has 0 saturated carbocycles. The number of ether oxygens (including phenoxy) is 1. The number of rotatable bonds is 6. The highest BCUT2D eigenvalue weighted by Gasteiger charge is 2.35. The van der Waals surface area contributed by atoms with Gasteiger partial charge in [0.1, 0.15) is 5.75 Å². The van der Waals surface area contributed by atoms with Gasteiger partial charge in [-0.25, -0.2) is 0 Å². The number of amides is 1. The van der Waals surface area contributed by atoms with Gasteiger partial charge in [-0.05, 0) is 62.0 Å². The summed E-state index contributed by atoms with van der Waals surface area (Å²) in [5, 5.41) is 13.6. The number of aryl methyl sites for hydroxylation is 1. The summed E-state index contributed by atoms with van der Waals surface area (Å²) in [4.78, 5) is 14.6. The zero-order valence-corrected chi connectivity index (χ0v) is 18.2. The van der Waals surface area contributed by atoms with Crippen molar-refractivity contribution in [2.45, 2.75) is 38.4 Å². The van der Waals surface area contributed by atoms with E-state index >= 15 is 0 Å². The van der Waals surface area contributed by atoms with E-state index in [0.29, 0.717) is 30.3 Å². The maximum absolute atomic E-state index is 12.2. The molecule has 31 heavy (non-hydrogen) atoms. The molecule has 1 fully saturated rings. The predicted octanol–water partition coefficient (Wildman–Crippen LogP) is 2.78. The van der Waals surface area contributed by atoms with Gasteiger partial charge >= 0.3 is 0 Å². The number of nitrogens with one attached hydrogen (secondary N) is 1. The van der Waals surface area contributed by atoms with E-state index in [-0.39, 0.29) is 18.1 Å². The van der Waals surface area contributed by atoms with E-state index in [2.05, 4.69) is 10.2 Å². The molecule has 0 bridgehead atoms. The van der Waals surface area contributed by atoms with Crippen molar-refractivity contribution in [3.63, 3.8) is 0 Å². The van der Waals surface area contributed by atoms with E-state index in [1.54, 1.807) is 0 Å². The molecule has 2 atom stereocenters. The quantitative estimate of drug-likeness (QED) is 0.665. The average Bonchev–Trinajstić information content (AvgIpc) is 2.82. The number of fused-ring (bicyclic) bond motifs is 1. The van der Waals surface area contributed by atoms with Gasteiger partial charge < -0.3 is 25.8 Å². The lowest BCUT2D eigenvalue weighted by Crippen LogP contribution is -2.44. The number of hydrogen-bond acceptors (Lipinski definition) is 5. The van der Waals surface area contributed by atoms with Crippen LogP contribution in [0.3, 0.4) is 0 Å². The predicted molar refractivity (Wildman–Crippen MR) is 121 cm³/mol. The number of aromatic hydroxyl groups is 1. The number of hydrogen-bond donors (Lipinski definition) is 3. The van der Waals surface area contributed by atoms with Crippen molar-refractivity contribution in [1.82, 2.24) is 10.2 Å². The molecular formula is C25H33N3O3. The van der Waals surface area contributed by atoms with Gasteiger partial charge in [0.25, 0.3) is 5.91 Å². The Bertz CT molecular complexity index is 894. The molecule has 6 nitrogen and oxygen atoms in total. The second-order valence-electron chi connectivity index (χ2n) is 8.70. The molecule has 1 amide bonds. The molecule has 2 aromatic rings. The third-order valence-electron chi connectivity index (χ3n) is 6.73. The van der Waals surface area contributed by atoms with Crippen molar-refractivity contribution in [3.8, 4) is 5.75 Å². The van der Waals surface area contributed by atoms with E-state index in [9.17, 15) is 9.90 Å². The van der Waals surface area contributed by atoms with Crippen molar-refractivity contribution in [2.24, 2.45) is 11.7 Å². The van der Waals surface area contributed by atoms with Crippen molar-refractivity contribution >= 4 is 5.91 Å². The average molecular weight is 424 g/mol. The van der Waals surface area contributed by atoms with Gasteiger partial charge in [0.05, 0.1) is 12.2 Å². The number of phenolic OH excluding ortho intramolecular Hbond substituents is 1. The Morgan fingerprint density at radius 3 is 2.65 bits per heavy atom. The van der Waals surface area contributed by atoms with Crippen molar-refractivity contribution in [1.29, 1.82) is 0 Å². The first-order chi connectivity index (χ1) is 15.1. The maximum Gasteiger partial charge on any atom is 0.251 e. The Balaban J connectivity index is 1.28. The molecule has 2 heterocycles. The fourth-order valence-corrected chi connectivity index (χ4v) is 4.85. The highest BCUT2D eigenvalue weighted by Crippen LogP contribution is 2.40. The van der Waals surface area contributed by atoms with Gasteiger partial charge in [0, 0.05) is 37.2 Å². The number of carbonyl (C=O) groups excluding carboxylic acids is 1. The Kier molecular flexibility index (Phi) is 6.90. The Morgan fingerprint density at radius 2 is 1.94 bits per heavy atom. The first kappa shape index (κ1) is 21.8. The summed E-state index contributed by atoms with van der Waals surface area (Å²) in [6, 6.07) is 13.3.